The molecule has 0 unspecified atom stereocenters. The highest BCUT2D eigenvalue weighted by molar-refractivity contribution is 7.26. The predicted octanol–water partition coefficient (Wildman–Crippen LogP) is 5.95. The third-order valence-corrected chi connectivity index (χ3v) is 5.35. The highest BCUT2D eigenvalue weighted by atomic mass is 32.1. The monoisotopic (exact) mass is 288 g/mol. The molecule has 0 fully saturated rings. The summed E-state index contributed by atoms with van der Waals surface area (Å²) in [5.74, 6) is 0. The van der Waals surface area contributed by atoms with Crippen molar-refractivity contribution in [1.29, 1.82) is 0 Å². The molecule has 0 saturated heterocycles. The Hall–Kier alpha value is -2.12. The highest BCUT2D eigenvalue weighted by Gasteiger charge is 2.11. The molecule has 0 aliphatic heterocycles. The van der Waals surface area contributed by atoms with Crippen LogP contribution in [-0.4, -0.2) is 0 Å². The van der Waals surface area contributed by atoms with Crippen LogP contribution in [0.3, 0.4) is 0 Å². The molecule has 1 aromatic heterocycles. The third-order valence-electron chi connectivity index (χ3n) is 4.11. The Morgan fingerprint density at radius 1 is 0.762 bits per heavy atom. The van der Waals surface area contributed by atoms with Crippen molar-refractivity contribution in [3.05, 3.63) is 83.4 Å². The van der Waals surface area contributed by atoms with Crippen molar-refractivity contribution in [2.24, 2.45) is 0 Å². The van der Waals surface area contributed by atoms with Gasteiger partial charge in [-0.05, 0) is 36.1 Å². The van der Waals surface area contributed by atoms with Gasteiger partial charge in [0, 0.05) is 20.2 Å². The van der Waals surface area contributed by atoms with Crippen molar-refractivity contribution >= 4 is 31.5 Å². The number of thiophene rings is 1. The van der Waals surface area contributed by atoms with Gasteiger partial charge in [-0.2, -0.15) is 0 Å². The van der Waals surface area contributed by atoms with E-state index in [4.69, 9.17) is 0 Å². The molecule has 1 heteroatoms. The quantitative estimate of drug-likeness (QED) is 0.427. The summed E-state index contributed by atoms with van der Waals surface area (Å²) in [5, 5.41) is 2.78. The Kier molecular flexibility index (Phi) is 3.01. The van der Waals surface area contributed by atoms with E-state index in [1.165, 1.54) is 36.9 Å². The summed E-state index contributed by atoms with van der Waals surface area (Å²) in [4.78, 5) is 0. The SMILES string of the molecule is Cc1ccc2c(sc3ccccc32)c1Cc1ccccc1. The van der Waals surface area contributed by atoms with Gasteiger partial charge in [-0.25, -0.2) is 0 Å². The first-order chi connectivity index (χ1) is 10.3. The number of fused-ring (bicyclic) bond motifs is 3. The van der Waals surface area contributed by atoms with Crippen molar-refractivity contribution in [2.75, 3.05) is 0 Å². The second kappa shape index (κ2) is 5.01. The number of hydrogen-bond acceptors (Lipinski definition) is 1. The molecule has 21 heavy (non-hydrogen) atoms. The van der Waals surface area contributed by atoms with Gasteiger partial charge in [-0.15, -0.1) is 11.3 Å². The normalized spacial score (nSPS) is 11.3. The predicted molar refractivity (Wildman–Crippen MR) is 93.3 cm³/mol. The number of hydrogen-bond donors (Lipinski definition) is 0. The average Bonchev–Trinajstić information content (AvgIpc) is 2.90. The van der Waals surface area contributed by atoms with Gasteiger partial charge in [0.1, 0.15) is 0 Å². The second-order valence-corrected chi connectivity index (χ2v) is 6.55. The molecule has 0 aliphatic carbocycles. The minimum atomic E-state index is 1.01. The Balaban J connectivity index is 1.97. The Morgan fingerprint density at radius 2 is 1.52 bits per heavy atom. The van der Waals surface area contributed by atoms with Crippen LogP contribution in [0.2, 0.25) is 0 Å². The Bertz CT molecular complexity index is 917. The first-order valence-electron chi connectivity index (χ1n) is 7.26. The molecule has 1 heterocycles. The zero-order chi connectivity index (χ0) is 14.2. The molecule has 0 bridgehead atoms. The molecule has 0 spiro atoms. The van der Waals surface area contributed by atoms with Crippen LogP contribution in [0.4, 0.5) is 0 Å². The van der Waals surface area contributed by atoms with E-state index < -0.39 is 0 Å². The number of aryl methyl sites for hydroxylation is 1. The van der Waals surface area contributed by atoms with E-state index in [0.29, 0.717) is 0 Å². The van der Waals surface area contributed by atoms with E-state index in [1.54, 1.807) is 0 Å². The van der Waals surface area contributed by atoms with Crippen molar-refractivity contribution in [3.8, 4) is 0 Å². The zero-order valence-corrected chi connectivity index (χ0v) is 12.8. The fraction of sp³-hybridized carbons (Fsp3) is 0.100. The van der Waals surface area contributed by atoms with Gasteiger partial charge < -0.3 is 0 Å². The van der Waals surface area contributed by atoms with Crippen LogP contribution in [0.5, 0.6) is 0 Å². The smallest absolute Gasteiger partial charge is 0.0393 e. The second-order valence-electron chi connectivity index (χ2n) is 5.50. The molecule has 4 aromatic rings. The highest BCUT2D eigenvalue weighted by Crippen LogP contribution is 2.37. The summed E-state index contributed by atoms with van der Waals surface area (Å²) < 4.78 is 2.83. The molecule has 4 rings (SSSR count). The van der Waals surface area contributed by atoms with E-state index >= 15 is 0 Å². The maximum atomic E-state index is 2.28. The van der Waals surface area contributed by atoms with Gasteiger partial charge in [-0.3, -0.25) is 0 Å². The van der Waals surface area contributed by atoms with Crippen LogP contribution >= 0.6 is 11.3 Å². The van der Waals surface area contributed by atoms with Crippen molar-refractivity contribution < 1.29 is 0 Å². The summed E-state index contributed by atoms with van der Waals surface area (Å²) in [7, 11) is 0. The van der Waals surface area contributed by atoms with Crippen molar-refractivity contribution in [2.45, 2.75) is 13.3 Å². The molecule has 0 saturated carbocycles. The van der Waals surface area contributed by atoms with E-state index in [-0.39, 0.29) is 0 Å². The molecule has 0 radical (unpaired) electrons. The lowest BCUT2D eigenvalue weighted by Gasteiger charge is -2.08. The van der Waals surface area contributed by atoms with E-state index in [9.17, 15) is 0 Å². The van der Waals surface area contributed by atoms with Crippen LogP contribution in [-0.2, 0) is 6.42 Å². The lowest BCUT2D eigenvalue weighted by Crippen LogP contribution is -1.91. The first kappa shape index (κ1) is 12.6. The molecule has 102 valence electrons. The van der Waals surface area contributed by atoms with Gasteiger partial charge in [0.25, 0.3) is 0 Å². The summed E-state index contributed by atoms with van der Waals surface area (Å²) >= 11 is 1.92. The van der Waals surface area contributed by atoms with Gasteiger partial charge >= 0.3 is 0 Å². The minimum absolute atomic E-state index is 1.01. The molecule has 0 aliphatic rings. The fourth-order valence-electron chi connectivity index (χ4n) is 2.96. The van der Waals surface area contributed by atoms with E-state index in [2.05, 4.69) is 73.7 Å². The number of rotatable bonds is 2. The van der Waals surface area contributed by atoms with Crippen LogP contribution < -0.4 is 0 Å². The lowest BCUT2D eigenvalue weighted by atomic mass is 9.98. The maximum Gasteiger partial charge on any atom is 0.0393 e. The van der Waals surface area contributed by atoms with Gasteiger partial charge in [-0.1, -0.05) is 60.7 Å². The topological polar surface area (TPSA) is 0 Å². The summed E-state index contributed by atoms with van der Waals surface area (Å²) in [6.45, 7) is 2.22. The van der Waals surface area contributed by atoms with Gasteiger partial charge in [0.2, 0.25) is 0 Å². The number of benzene rings is 3. The maximum absolute atomic E-state index is 2.28. The Labute approximate surface area is 128 Å². The lowest BCUT2D eigenvalue weighted by molar-refractivity contribution is 1.18. The van der Waals surface area contributed by atoms with E-state index in [0.717, 1.165) is 6.42 Å². The molecule has 0 nitrogen and oxygen atoms in total. The van der Waals surface area contributed by atoms with Crippen LogP contribution in [0.25, 0.3) is 20.2 Å². The van der Waals surface area contributed by atoms with Crippen LogP contribution in [0.15, 0.2) is 66.7 Å². The molecule has 0 amide bonds. The molecule has 0 atom stereocenters. The minimum Gasteiger partial charge on any atom is -0.135 e. The standard InChI is InChI=1S/C20H16S/c1-14-11-12-17-16-9-5-6-10-19(16)21-20(17)18(14)13-15-7-3-2-4-8-15/h2-12H,13H2,1H3. The first-order valence-corrected chi connectivity index (χ1v) is 8.08. The molecule has 3 aromatic carbocycles. The molecular formula is C20H16S. The van der Waals surface area contributed by atoms with Crippen LogP contribution in [0.1, 0.15) is 16.7 Å². The zero-order valence-electron chi connectivity index (χ0n) is 12.0. The summed E-state index contributed by atoms with van der Waals surface area (Å²) in [6.07, 6.45) is 1.01. The summed E-state index contributed by atoms with van der Waals surface area (Å²) in [6, 6.07) is 24.0. The van der Waals surface area contributed by atoms with Gasteiger partial charge in [0.05, 0.1) is 0 Å². The van der Waals surface area contributed by atoms with Gasteiger partial charge in [0.15, 0.2) is 0 Å². The van der Waals surface area contributed by atoms with Crippen LogP contribution in [0, 0.1) is 6.92 Å². The molecule has 0 N–H and O–H groups in total. The Morgan fingerprint density at radius 3 is 2.38 bits per heavy atom. The fourth-order valence-corrected chi connectivity index (χ4v) is 4.26. The van der Waals surface area contributed by atoms with Crippen molar-refractivity contribution in [3.63, 3.8) is 0 Å². The average molecular weight is 288 g/mol. The third kappa shape index (κ3) is 2.14. The van der Waals surface area contributed by atoms with E-state index in [1.807, 2.05) is 11.3 Å². The summed E-state index contributed by atoms with van der Waals surface area (Å²) in [5.41, 5.74) is 4.24. The molecular weight excluding hydrogens is 272 g/mol. The largest absolute Gasteiger partial charge is 0.135 e. The van der Waals surface area contributed by atoms with Crippen molar-refractivity contribution in [1.82, 2.24) is 0 Å².